The van der Waals surface area contributed by atoms with Gasteiger partial charge in [0.15, 0.2) is 5.82 Å². The van der Waals surface area contributed by atoms with Crippen molar-refractivity contribution in [1.82, 2.24) is 35.7 Å². The van der Waals surface area contributed by atoms with Crippen LogP contribution in [0.5, 0.6) is 0 Å². The van der Waals surface area contributed by atoms with Crippen molar-refractivity contribution in [1.29, 1.82) is 0 Å². The number of hydrogen-bond acceptors (Lipinski definition) is 5. The van der Waals surface area contributed by atoms with Crippen LogP contribution in [0.3, 0.4) is 0 Å². The number of aryl methyl sites for hydroxylation is 1. The van der Waals surface area contributed by atoms with E-state index in [1.54, 1.807) is 19.3 Å². The van der Waals surface area contributed by atoms with Gasteiger partial charge in [0, 0.05) is 13.2 Å². The molecule has 0 unspecified atom stereocenters. The number of aromatic amines is 1. The van der Waals surface area contributed by atoms with Crippen LogP contribution in [-0.2, 0) is 13.6 Å². The van der Waals surface area contributed by atoms with Crippen LogP contribution in [0.4, 0.5) is 0 Å². The molecule has 15 heavy (non-hydrogen) atoms. The third-order valence-corrected chi connectivity index (χ3v) is 1.85. The molecule has 0 fully saturated rings. The summed E-state index contributed by atoms with van der Waals surface area (Å²) >= 11 is 0. The van der Waals surface area contributed by atoms with Crippen LogP contribution >= 0.6 is 0 Å². The van der Waals surface area contributed by atoms with Crippen molar-refractivity contribution >= 4 is 5.91 Å². The number of H-pyrrole nitrogens is 1. The molecule has 0 saturated carbocycles. The quantitative estimate of drug-likeness (QED) is 0.662. The van der Waals surface area contributed by atoms with E-state index in [-0.39, 0.29) is 12.5 Å². The minimum absolute atomic E-state index is 0.222. The molecule has 2 N–H and O–H groups in total. The fourth-order valence-corrected chi connectivity index (χ4v) is 1.10. The fraction of sp³-hybridized carbons (Fsp3) is 0.286. The maximum atomic E-state index is 11.6. The number of rotatable bonds is 3. The molecule has 1 amide bonds. The van der Waals surface area contributed by atoms with Gasteiger partial charge in [0.2, 0.25) is 0 Å². The monoisotopic (exact) mass is 207 g/mol. The second-order valence-corrected chi connectivity index (χ2v) is 2.85. The molecule has 0 saturated heterocycles. The van der Waals surface area contributed by atoms with Crippen molar-refractivity contribution in [3.05, 3.63) is 23.8 Å². The lowest BCUT2D eigenvalue weighted by Gasteiger charge is -2.01. The van der Waals surface area contributed by atoms with Crippen LogP contribution in [0.25, 0.3) is 0 Å². The van der Waals surface area contributed by atoms with E-state index >= 15 is 0 Å². The highest BCUT2D eigenvalue weighted by atomic mass is 16.2. The first-order valence-electron chi connectivity index (χ1n) is 4.26. The normalized spacial score (nSPS) is 10.2. The molecule has 0 bridgehead atoms. The van der Waals surface area contributed by atoms with Gasteiger partial charge < -0.3 is 5.32 Å². The summed E-state index contributed by atoms with van der Waals surface area (Å²) in [5.41, 5.74) is 0.485. The van der Waals surface area contributed by atoms with E-state index in [1.165, 1.54) is 4.68 Å². The molecule has 78 valence electrons. The van der Waals surface area contributed by atoms with E-state index in [2.05, 4.69) is 31.0 Å². The maximum absolute atomic E-state index is 11.6. The number of carbonyl (C=O) groups is 1. The third kappa shape index (κ3) is 1.98. The largest absolute Gasteiger partial charge is 0.343 e. The Balaban J connectivity index is 1.96. The fourth-order valence-electron chi connectivity index (χ4n) is 1.10. The molecule has 2 aromatic heterocycles. The van der Waals surface area contributed by atoms with E-state index in [0.29, 0.717) is 11.5 Å². The molecule has 0 aliphatic carbocycles. The predicted molar refractivity (Wildman–Crippen MR) is 48.6 cm³/mol. The topological polar surface area (TPSA) is 101 Å². The van der Waals surface area contributed by atoms with Crippen molar-refractivity contribution < 1.29 is 4.79 Å². The zero-order valence-electron chi connectivity index (χ0n) is 8.01. The summed E-state index contributed by atoms with van der Waals surface area (Å²) in [5.74, 6) is 0.213. The third-order valence-electron chi connectivity index (χ3n) is 1.85. The molecular weight excluding hydrogens is 198 g/mol. The Labute approximate surface area is 84.7 Å². The Morgan fingerprint density at radius 2 is 2.53 bits per heavy atom. The van der Waals surface area contributed by atoms with Gasteiger partial charge in [0.1, 0.15) is 5.69 Å². The van der Waals surface area contributed by atoms with E-state index < -0.39 is 0 Å². The highest BCUT2D eigenvalue weighted by Crippen LogP contribution is 1.96. The maximum Gasteiger partial charge on any atom is 0.269 e. The summed E-state index contributed by atoms with van der Waals surface area (Å²) in [6.07, 6.45) is 1.56. The molecule has 0 spiro atoms. The lowest BCUT2D eigenvalue weighted by molar-refractivity contribution is 0.0940. The zero-order valence-corrected chi connectivity index (χ0v) is 8.01. The van der Waals surface area contributed by atoms with Crippen LogP contribution in [0.15, 0.2) is 12.3 Å². The SMILES string of the molecule is Cn1nccc1C(=O)NCc1nn[nH]n1. The molecular formula is C7H9N7O. The Kier molecular flexibility index (Phi) is 2.40. The number of carbonyl (C=O) groups excluding carboxylic acids is 1. The van der Waals surface area contributed by atoms with Crippen LogP contribution in [0.2, 0.25) is 0 Å². The summed E-state index contributed by atoms with van der Waals surface area (Å²) < 4.78 is 1.49. The molecule has 2 aromatic rings. The van der Waals surface area contributed by atoms with E-state index in [1.807, 2.05) is 0 Å². The van der Waals surface area contributed by atoms with Crippen molar-refractivity contribution in [3.8, 4) is 0 Å². The van der Waals surface area contributed by atoms with Crippen LogP contribution in [-0.4, -0.2) is 36.3 Å². The van der Waals surface area contributed by atoms with Gasteiger partial charge in [-0.15, -0.1) is 10.2 Å². The van der Waals surface area contributed by atoms with E-state index in [4.69, 9.17) is 0 Å². The second kappa shape index (κ2) is 3.86. The summed E-state index contributed by atoms with van der Waals surface area (Å²) in [7, 11) is 1.70. The highest BCUT2D eigenvalue weighted by Gasteiger charge is 2.09. The predicted octanol–water partition coefficient (Wildman–Crippen LogP) is -1.14. The molecule has 0 aromatic carbocycles. The lowest BCUT2D eigenvalue weighted by Crippen LogP contribution is -2.25. The van der Waals surface area contributed by atoms with E-state index in [0.717, 1.165) is 0 Å². The average Bonchev–Trinajstić information content (AvgIpc) is 2.84. The second-order valence-electron chi connectivity index (χ2n) is 2.85. The minimum atomic E-state index is -0.222. The van der Waals surface area contributed by atoms with Gasteiger partial charge in [-0.2, -0.15) is 10.3 Å². The molecule has 0 aliphatic rings. The van der Waals surface area contributed by atoms with E-state index in [9.17, 15) is 4.79 Å². The first-order valence-corrected chi connectivity index (χ1v) is 4.26. The van der Waals surface area contributed by atoms with Crippen molar-refractivity contribution in [2.24, 2.45) is 7.05 Å². The standard InChI is InChI=1S/C7H9N7O/c1-14-5(2-3-9-14)7(15)8-4-6-10-12-13-11-6/h2-3H,4H2,1H3,(H,8,15)(H,10,11,12,13). The van der Waals surface area contributed by atoms with Gasteiger partial charge in [0.05, 0.1) is 6.54 Å². The van der Waals surface area contributed by atoms with Gasteiger partial charge in [-0.1, -0.05) is 5.21 Å². The van der Waals surface area contributed by atoms with Crippen LogP contribution < -0.4 is 5.32 Å². The first-order chi connectivity index (χ1) is 7.27. The summed E-state index contributed by atoms with van der Waals surface area (Å²) in [6, 6.07) is 1.63. The zero-order chi connectivity index (χ0) is 10.7. The van der Waals surface area contributed by atoms with Crippen molar-refractivity contribution in [3.63, 3.8) is 0 Å². The minimum Gasteiger partial charge on any atom is -0.343 e. The summed E-state index contributed by atoms with van der Waals surface area (Å²) in [6.45, 7) is 0.237. The summed E-state index contributed by atoms with van der Waals surface area (Å²) in [4.78, 5) is 11.6. The smallest absolute Gasteiger partial charge is 0.269 e. The van der Waals surface area contributed by atoms with Crippen molar-refractivity contribution in [2.45, 2.75) is 6.54 Å². The van der Waals surface area contributed by atoms with Gasteiger partial charge in [-0.25, -0.2) is 0 Å². The number of hydrogen-bond donors (Lipinski definition) is 2. The number of aromatic nitrogens is 6. The number of nitrogens with zero attached hydrogens (tertiary/aromatic N) is 5. The first kappa shape index (κ1) is 9.31. The Hall–Kier alpha value is -2.25. The molecule has 8 heteroatoms. The Morgan fingerprint density at radius 1 is 1.67 bits per heavy atom. The summed E-state index contributed by atoms with van der Waals surface area (Å²) in [5, 5.41) is 19.6. The Bertz CT molecular complexity index is 446. The molecule has 0 radical (unpaired) electrons. The Morgan fingerprint density at radius 3 is 3.13 bits per heavy atom. The molecule has 0 aliphatic heterocycles. The van der Waals surface area contributed by atoms with Gasteiger partial charge in [-0.05, 0) is 6.07 Å². The number of nitrogens with one attached hydrogen (secondary N) is 2. The molecule has 2 rings (SSSR count). The highest BCUT2D eigenvalue weighted by molar-refractivity contribution is 5.92. The molecule has 0 atom stereocenters. The van der Waals surface area contributed by atoms with Crippen molar-refractivity contribution in [2.75, 3.05) is 0 Å². The lowest BCUT2D eigenvalue weighted by atomic mass is 10.4. The molecule has 8 nitrogen and oxygen atoms in total. The van der Waals surface area contributed by atoms with Gasteiger partial charge in [-0.3, -0.25) is 9.48 Å². The number of tetrazole rings is 1. The van der Waals surface area contributed by atoms with Crippen LogP contribution in [0, 0.1) is 0 Å². The molecule has 2 heterocycles. The number of amides is 1. The van der Waals surface area contributed by atoms with Gasteiger partial charge >= 0.3 is 0 Å². The average molecular weight is 207 g/mol. The van der Waals surface area contributed by atoms with Gasteiger partial charge in [0.25, 0.3) is 5.91 Å². The van der Waals surface area contributed by atoms with Crippen LogP contribution in [0.1, 0.15) is 16.3 Å².